The van der Waals surface area contributed by atoms with Crippen molar-refractivity contribution in [1.82, 2.24) is 4.98 Å². The lowest BCUT2D eigenvalue weighted by Gasteiger charge is -2.35. The van der Waals surface area contributed by atoms with Crippen LogP contribution in [-0.2, 0) is 5.41 Å². The van der Waals surface area contributed by atoms with Crippen LogP contribution in [0.25, 0.3) is 6.08 Å². The molecule has 0 saturated carbocycles. The third-order valence-electron chi connectivity index (χ3n) is 4.60. The molecule has 0 bridgehead atoms. The number of hydrogen-bond donors (Lipinski definition) is 0. The fraction of sp³-hybridized carbons (Fsp3) is 0.250. The Balaban J connectivity index is 2.05. The Labute approximate surface area is 127 Å². The maximum atomic E-state index is 4.65. The van der Waals surface area contributed by atoms with E-state index in [4.69, 9.17) is 0 Å². The molecule has 0 amide bonds. The van der Waals surface area contributed by atoms with Crippen molar-refractivity contribution in [2.45, 2.75) is 31.1 Å². The van der Waals surface area contributed by atoms with Gasteiger partial charge in [-0.05, 0) is 36.1 Å². The van der Waals surface area contributed by atoms with E-state index >= 15 is 0 Å². The number of rotatable bonds is 5. The Morgan fingerprint density at radius 2 is 2.00 bits per heavy atom. The summed E-state index contributed by atoms with van der Waals surface area (Å²) in [5, 5.41) is 0. The second-order valence-corrected chi connectivity index (χ2v) is 5.93. The summed E-state index contributed by atoms with van der Waals surface area (Å²) in [6.07, 6.45) is 10.5. The SMILES string of the molecule is C=CCCC(C)(c1ccccn1)C1C=Cc2ccccc21. The van der Waals surface area contributed by atoms with E-state index in [9.17, 15) is 0 Å². The Morgan fingerprint density at radius 1 is 1.19 bits per heavy atom. The summed E-state index contributed by atoms with van der Waals surface area (Å²) in [4.78, 5) is 4.65. The summed E-state index contributed by atoms with van der Waals surface area (Å²) < 4.78 is 0. The monoisotopic (exact) mass is 275 g/mol. The van der Waals surface area contributed by atoms with E-state index in [1.807, 2.05) is 18.3 Å². The van der Waals surface area contributed by atoms with Gasteiger partial charge in [-0.1, -0.05) is 55.5 Å². The molecule has 2 atom stereocenters. The minimum atomic E-state index is -0.00144. The van der Waals surface area contributed by atoms with Crippen molar-refractivity contribution in [3.05, 3.63) is 84.2 Å². The number of fused-ring (bicyclic) bond motifs is 1. The van der Waals surface area contributed by atoms with E-state index in [0.29, 0.717) is 5.92 Å². The molecule has 1 aliphatic carbocycles. The van der Waals surface area contributed by atoms with Crippen LogP contribution in [0.3, 0.4) is 0 Å². The zero-order valence-electron chi connectivity index (χ0n) is 12.5. The molecule has 2 unspecified atom stereocenters. The molecule has 1 aromatic heterocycles. The van der Waals surface area contributed by atoms with Gasteiger partial charge in [-0.3, -0.25) is 4.98 Å². The zero-order chi connectivity index (χ0) is 14.7. The summed E-state index contributed by atoms with van der Waals surface area (Å²) in [6.45, 7) is 6.22. The highest BCUT2D eigenvalue weighted by molar-refractivity contribution is 5.63. The number of hydrogen-bond acceptors (Lipinski definition) is 1. The highest BCUT2D eigenvalue weighted by atomic mass is 14.7. The first-order valence-electron chi connectivity index (χ1n) is 7.55. The molecular weight excluding hydrogens is 254 g/mol. The van der Waals surface area contributed by atoms with Crippen LogP contribution in [0.2, 0.25) is 0 Å². The van der Waals surface area contributed by atoms with Crippen molar-refractivity contribution >= 4 is 6.08 Å². The van der Waals surface area contributed by atoms with Gasteiger partial charge in [-0.25, -0.2) is 0 Å². The number of benzene rings is 1. The largest absolute Gasteiger partial charge is 0.261 e. The van der Waals surface area contributed by atoms with Crippen LogP contribution in [0.5, 0.6) is 0 Å². The van der Waals surface area contributed by atoms with E-state index < -0.39 is 0 Å². The summed E-state index contributed by atoms with van der Waals surface area (Å²) in [7, 11) is 0. The third-order valence-corrected chi connectivity index (χ3v) is 4.60. The average molecular weight is 275 g/mol. The molecule has 0 N–H and O–H groups in total. The van der Waals surface area contributed by atoms with Gasteiger partial charge in [-0.15, -0.1) is 6.58 Å². The van der Waals surface area contributed by atoms with Gasteiger partial charge in [0.15, 0.2) is 0 Å². The summed E-state index contributed by atoms with van der Waals surface area (Å²) in [5.41, 5.74) is 3.91. The van der Waals surface area contributed by atoms with E-state index in [0.717, 1.165) is 12.8 Å². The molecule has 0 aliphatic heterocycles. The van der Waals surface area contributed by atoms with Gasteiger partial charge in [0.05, 0.1) is 0 Å². The van der Waals surface area contributed by atoms with Gasteiger partial charge in [-0.2, -0.15) is 0 Å². The summed E-state index contributed by atoms with van der Waals surface area (Å²) in [5.74, 6) is 0.378. The number of allylic oxidation sites excluding steroid dienone is 2. The lowest BCUT2D eigenvalue weighted by Crippen LogP contribution is -2.30. The van der Waals surface area contributed by atoms with Gasteiger partial charge < -0.3 is 0 Å². The molecule has 106 valence electrons. The van der Waals surface area contributed by atoms with Crippen LogP contribution in [0, 0.1) is 0 Å². The standard InChI is InChI=1S/C20H21N/c1-3-4-14-20(2,19-11-7-8-15-21-19)18-13-12-16-9-5-6-10-17(16)18/h3,5-13,15,18H,1,4,14H2,2H3. The molecule has 0 fully saturated rings. The van der Waals surface area contributed by atoms with Crippen LogP contribution in [0.15, 0.2) is 67.4 Å². The minimum Gasteiger partial charge on any atom is -0.261 e. The summed E-state index contributed by atoms with van der Waals surface area (Å²) >= 11 is 0. The lowest BCUT2D eigenvalue weighted by atomic mass is 9.69. The van der Waals surface area contributed by atoms with E-state index in [2.05, 4.69) is 67.0 Å². The van der Waals surface area contributed by atoms with E-state index in [1.54, 1.807) is 0 Å². The normalized spacial score (nSPS) is 19.0. The molecule has 1 heterocycles. The first-order chi connectivity index (χ1) is 10.3. The predicted octanol–water partition coefficient (Wildman–Crippen LogP) is 5.12. The quantitative estimate of drug-likeness (QED) is 0.690. The zero-order valence-corrected chi connectivity index (χ0v) is 12.5. The van der Waals surface area contributed by atoms with E-state index in [1.165, 1.54) is 16.8 Å². The number of aromatic nitrogens is 1. The van der Waals surface area contributed by atoms with Crippen molar-refractivity contribution < 1.29 is 0 Å². The lowest BCUT2D eigenvalue weighted by molar-refractivity contribution is 0.386. The smallest absolute Gasteiger partial charge is 0.0471 e. The Bertz CT molecular complexity index is 657. The van der Waals surface area contributed by atoms with Crippen molar-refractivity contribution in [3.8, 4) is 0 Å². The maximum Gasteiger partial charge on any atom is 0.0471 e. The second-order valence-electron chi connectivity index (χ2n) is 5.93. The van der Waals surface area contributed by atoms with Crippen LogP contribution < -0.4 is 0 Å². The molecule has 0 saturated heterocycles. The van der Waals surface area contributed by atoms with E-state index in [-0.39, 0.29) is 5.41 Å². The predicted molar refractivity (Wildman–Crippen MR) is 89.2 cm³/mol. The van der Waals surface area contributed by atoms with Gasteiger partial charge >= 0.3 is 0 Å². The molecule has 0 spiro atoms. The van der Waals surface area contributed by atoms with Crippen LogP contribution in [0.1, 0.15) is 42.5 Å². The highest BCUT2D eigenvalue weighted by Gasteiger charge is 2.38. The topological polar surface area (TPSA) is 12.9 Å². The van der Waals surface area contributed by atoms with Gasteiger partial charge in [0.1, 0.15) is 0 Å². The maximum absolute atomic E-state index is 4.65. The first-order valence-corrected chi connectivity index (χ1v) is 7.55. The average Bonchev–Trinajstić information content (AvgIpc) is 2.98. The Kier molecular flexibility index (Phi) is 3.74. The summed E-state index contributed by atoms with van der Waals surface area (Å²) in [6, 6.07) is 14.9. The molecule has 21 heavy (non-hydrogen) atoms. The van der Waals surface area contributed by atoms with Crippen molar-refractivity contribution in [3.63, 3.8) is 0 Å². The molecule has 1 heteroatoms. The Morgan fingerprint density at radius 3 is 2.76 bits per heavy atom. The van der Waals surface area contributed by atoms with Crippen LogP contribution in [-0.4, -0.2) is 4.98 Å². The molecule has 0 radical (unpaired) electrons. The van der Waals surface area contributed by atoms with Gasteiger partial charge in [0.2, 0.25) is 0 Å². The molecular formula is C20H21N. The van der Waals surface area contributed by atoms with Crippen molar-refractivity contribution in [2.24, 2.45) is 0 Å². The highest BCUT2D eigenvalue weighted by Crippen LogP contribution is 2.46. The fourth-order valence-corrected chi connectivity index (χ4v) is 3.35. The van der Waals surface area contributed by atoms with Crippen LogP contribution in [0.4, 0.5) is 0 Å². The fourth-order valence-electron chi connectivity index (χ4n) is 3.35. The Hall–Kier alpha value is -2.15. The van der Waals surface area contributed by atoms with Crippen molar-refractivity contribution in [1.29, 1.82) is 0 Å². The van der Waals surface area contributed by atoms with Crippen molar-refractivity contribution in [2.75, 3.05) is 0 Å². The molecule has 1 aromatic carbocycles. The number of pyridine rings is 1. The van der Waals surface area contributed by atoms with Gasteiger partial charge in [0, 0.05) is 23.2 Å². The first kappa shape index (κ1) is 13.8. The molecule has 1 aliphatic rings. The number of nitrogens with zero attached hydrogens (tertiary/aromatic N) is 1. The third kappa shape index (κ3) is 2.44. The second kappa shape index (κ2) is 5.69. The molecule has 3 rings (SSSR count). The minimum absolute atomic E-state index is 0.00144. The van der Waals surface area contributed by atoms with Gasteiger partial charge in [0.25, 0.3) is 0 Å². The van der Waals surface area contributed by atoms with Crippen LogP contribution >= 0.6 is 0 Å². The molecule has 2 aromatic rings. The molecule has 1 nitrogen and oxygen atoms in total.